The fourth-order valence-corrected chi connectivity index (χ4v) is 5.10. The third kappa shape index (κ3) is 3.53. The summed E-state index contributed by atoms with van der Waals surface area (Å²) in [5.74, 6) is 1.03. The molecule has 1 N–H and O–H groups in total. The molecular weight excluding hydrogens is 254 g/mol. The number of hydrogen-bond donors (Lipinski definition) is 1. The number of aryl methyl sites for hydroxylation is 1. The van der Waals surface area contributed by atoms with Crippen LogP contribution in [0.15, 0.2) is 16.8 Å². The Hall–Kier alpha value is -0.390. The van der Waals surface area contributed by atoms with Gasteiger partial charge in [0.2, 0.25) is 0 Å². The lowest BCUT2D eigenvalue weighted by Gasteiger charge is -2.21. The predicted octanol–water partition coefficient (Wildman–Crippen LogP) is 1.70. The van der Waals surface area contributed by atoms with E-state index in [1.807, 2.05) is 7.05 Å². The van der Waals surface area contributed by atoms with Gasteiger partial charge in [0.1, 0.15) is 0 Å². The predicted molar refractivity (Wildman–Crippen MR) is 72.2 cm³/mol. The Morgan fingerprint density at radius 1 is 1.59 bits per heavy atom. The van der Waals surface area contributed by atoms with Crippen LogP contribution in [0.4, 0.5) is 0 Å². The van der Waals surface area contributed by atoms with Crippen molar-refractivity contribution in [2.75, 3.05) is 18.6 Å². The highest BCUT2D eigenvalue weighted by atomic mass is 32.2. The van der Waals surface area contributed by atoms with Crippen LogP contribution in [0.5, 0.6) is 0 Å². The van der Waals surface area contributed by atoms with E-state index in [1.165, 1.54) is 5.56 Å². The Labute approximate surface area is 107 Å². The number of thiophene rings is 1. The van der Waals surface area contributed by atoms with Crippen molar-refractivity contribution < 1.29 is 8.42 Å². The third-order valence-electron chi connectivity index (χ3n) is 3.53. The van der Waals surface area contributed by atoms with Crippen LogP contribution in [-0.2, 0) is 16.3 Å². The first-order valence-electron chi connectivity index (χ1n) is 5.99. The first-order valence-corrected chi connectivity index (χ1v) is 8.76. The quantitative estimate of drug-likeness (QED) is 0.888. The molecule has 17 heavy (non-hydrogen) atoms. The SMILES string of the molecule is CNC(CCc1ccsc1)C1CCS(=O)(=O)C1. The average Bonchev–Trinajstić information content (AvgIpc) is 2.89. The van der Waals surface area contributed by atoms with Crippen LogP contribution in [0.25, 0.3) is 0 Å². The maximum absolute atomic E-state index is 11.5. The Morgan fingerprint density at radius 3 is 2.94 bits per heavy atom. The normalized spacial score (nSPS) is 24.9. The molecule has 96 valence electrons. The largest absolute Gasteiger partial charge is 0.317 e. The second-order valence-corrected chi connectivity index (χ2v) is 7.74. The lowest BCUT2D eigenvalue weighted by molar-refractivity contribution is 0.384. The molecule has 1 aromatic rings. The summed E-state index contributed by atoms with van der Waals surface area (Å²) in [4.78, 5) is 0. The van der Waals surface area contributed by atoms with Gasteiger partial charge in [0.15, 0.2) is 9.84 Å². The molecule has 3 nitrogen and oxygen atoms in total. The first kappa shape index (κ1) is 13.1. The summed E-state index contributed by atoms with van der Waals surface area (Å²) in [7, 11) is -0.827. The van der Waals surface area contributed by atoms with Crippen LogP contribution in [0.3, 0.4) is 0 Å². The highest BCUT2D eigenvalue weighted by Crippen LogP contribution is 2.24. The van der Waals surface area contributed by atoms with E-state index >= 15 is 0 Å². The lowest BCUT2D eigenvalue weighted by atomic mass is 9.94. The van der Waals surface area contributed by atoms with Gasteiger partial charge in [-0.3, -0.25) is 0 Å². The fraction of sp³-hybridized carbons (Fsp3) is 0.667. The Bertz CT molecular complexity index is 439. The van der Waals surface area contributed by atoms with Crippen LogP contribution in [0.1, 0.15) is 18.4 Å². The van der Waals surface area contributed by atoms with Crippen LogP contribution in [0.2, 0.25) is 0 Å². The van der Waals surface area contributed by atoms with Gasteiger partial charge in [-0.1, -0.05) is 0 Å². The van der Waals surface area contributed by atoms with E-state index < -0.39 is 9.84 Å². The van der Waals surface area contributed by atoms with E-state index in [1.54, 1.807) is 11.3 Å². The molecule has 2 atom stereocenters. The van der Waals surface area contributed by atoms with Crippen molar-refractivity contribution in [3.8, 4) is 0 Å². The zero-order chi connectivity index (χ0) is 12.3. The zero-order valence-corrected chi connectivity index (χ0v) is 11.7. The summed E-state index contributed by atoms with van der Waals surface area (Å²) in [5.41, 5.74) is 1.36. The minimum absolute atomic E-state index is 0.295. The second-order valence-electron chi connectivity index (χ2n) is 4.73. The Kier molecular flexibility index (Phi) is 4.22. The molecule has 1 aliphatic heterocycles. The van der Waals surface area contributed by atoms with E-state index in [2.05, 4.69) is 22.1 Å². The minimum Gasteiger partial charge on any atom is -0.317 e. The van der Waals surface area contributed by atoms with E-state index in [-0.39, 0.29) is 0 Å². The fourth-order valence-electron chi connectivity index (χ4n) is 2.51. The third-order valence-corrected chi connectivity index (χ3v) is 6.06. The minimum atomic E-state index is -2.76. The van der Waals surface area contributed by atoms with Crippen molar-refractivity contribution >= 4 is 21.2 Å². The molecule has 0 amide bonds. The molecule has 0 bridgehead atoms. The van der Waals surface area contributed by atoms with Gasteiger partial charge >= 0.3 is 0 Å². The molecular formula is C12H19NO2S2. The van der Waals surface area contributed by atoms with Crippen molar-refractivity contribution in [3.63, 3.8) is 0 Å². The van der Waals surface area contributed by atoms with Gasteiger partial charge in [-0.25, -0.2) is 8.42 Å². The molecule has 5 heteroatoms. The average molecular weight is 273 g/mol. The van der Waals surface area contributed by atoms with Crippen molar-refractivity contribution in [1.29, 1.82) is 0 Å². The molecule has 1 aromatic heterocycles. The molecule has 0 radical (unpaired) electrons. The van der Waals surface area contributed by atoms with Crippen molar-refractivity contribution in [2.45, 2.75) is 25.3 Å². The van der Waals surface area contributed by atoms with Crippen LogP contribution >= 0.6 is 11.3 Å². The van der Waals surface area contributed by atoms with Crippen molar-refractivity contribution in [1.82, 2.24) is 5.32 Å². The van der Waals surface area contributed by atoms with Gasteiger partial charge in [0.05, 0.1) is 11.5 Å². The number of sulfone groups is 1. The molecule has 2 rings (SSSR count). The summed E-state index contributed by atoms with van der Waals surface area (Å²) in [5, 5.41) is 7.54. The Morgan fingerprint density at radius 2 is 2.41 bits per heavy atom. The second kappa shape index (κ2) is 5.50. The topological polar surface area (TPSA) is 46.2 Å². The maximum atomic E-state index is 11.5. The monoisotopic (exact) mass is 273 g/mol. The van der Waals surface area contributed by atoms with Gasteiger partial charge in [-0.2, -0.15) is 11.3 Å². The van der Waals surface area contributed by atoms with Crippen molar-refractivity contribution in [3.05, 3.63) is 22.4 Å². The lowest BCUT2D eigenvalue weighted by Crippen LogP contribution is -2.34. The van der Waals surface area contributed by atoms with Gasteiger partial charge in [-0.05, 0) is 54.6 Å². The van der Waals surface area contributed by atoms with Gasteiger partial charge in [0, 0.05) is 6.04 Å². The zero-order valence-electron chi connectivity index (χ0n) is 10.1. The summed E-state index contributed by atoms with van der Waals surface area (Å²) in [6.07, 6.45) is 2.87. The summed E-state index contributed by atoms with van der Waals surface area (Å²) < 4.78 is 22.9. The number of rotatable bonds is 5. The maximum Gasteiger partial charge on any atom is 0.150 e. The molecule has 2 unspecified atom stereocenters. The Balaban J connectivity index is 1.89. The molecule has 0 saturated carbocycles. The van der Waals surface area contributed by atoms with Crippen LogP contribution < -0.4 is 5.32 Å². The highest BCUT2D eigenvalue weighted by molar-refractivity contribution is 7.91. The molecule has 1 fully saturated rings. The molecule has 1 aliphatic rings. The first-order chi connectivity index (χ1) is 8.11. The van der Waals surface area contributed by atoms with Gasteiger partial charge in [0.25, 0.3) is 0 Å². The van der Waals surface area contributed by atoms with Gasteiger partial charge in [-0.15, -0.1) is 0 Å². The highest BCUT2D eigenvalue weighted by Gasteiger charge is 2.32. The summed E-state index contributed by atoms with van der Waals surface area (Å²) >= 11 is 1.71. The van der Waals surface area contributed by atoms with Crippen LogP contribution in [-0.4, -0.2) is 33.0 Å². The van der Waals surface area contributed by atoms with E-state index in [0.29, 0.717) is 23.5 Å². The van der Waals surface area contributed by atoms with Crippen molar-refractivity contribution in [2.24, 2.45) is 5.92 Å². The van der Waals surface area contributed by atoms with E-state index in [9.17, 15) is 8.42 Å². The molecule has 1 saturated heterocycles. The smallest absolute Gasteiger partial charge is 0.150 e. The molecule has 0 spiro atoms. The number of hydrogen-bond acceptors (Lipinski definition) is 4. The number of nitrogens with one attached hydrogen (secondary N) is 1. The molecule has 2 heterocycles. The van der Waals surface area contributed by atoms with E-state index in [0.717, 1.165) is 19.3 Å². The van der Waals surface area contributed by atoms with Gasteiger partial charge < -0.3 is 5.32 Å². The molecule has 0 aromatic carbocycles. The summed E-state index contributed by atoms with van der Waals surface area (Å²) in [6, 6.07) is 2.47. The standard InChI is InChI=1S/C12H19NO2S2/c1-13-12(3-2-10-4-6-16-8-10)11-5-7-17(14,15)9-11/h4,6,8,11-13H,2-3,5,7,9H2,1H3. The summed E-state index contributed by atoms with van der Waals surface area (Å²) in [6.45, 7) is 0. The van der Waals surface area contributed by atoms with Crippen LogP contribution in [0, 0.1) is 5.92 Å². The van der Waals surface area contributed by atoms with E-state index in [4.69, 9.17) is 0 Å². The molecule has 0 aliphatic carbocycles.